The van der Waals surface area contributed by atoms with E-state index in [2.05, 4.69) is 25.0 Å². The first-order chi connectivity index (χ1) is 6.56. The predicted molar refractivity (Wildman–Crippen MR) is 56.1 cm³/mol. The van der Waals surface area contributed by atoms with Crippen molar-refractivity contribution >= 4 is 11.6 Å². The molecule has 0 N–H and O–H groups in total. The molecule has 0 aromatic carbocycles. The first-order valence-electron chi connectivity index (χ1n) is 4.69. The summed E-state index contributed by atoms with van der Waals surface area (Å²) >= 11 is 5.99. The molecule has 76 valence electrons. The lowest BCUT2D eigenvalue weighted by molar-refractivity contribution is 0.486. The van der Waals surface area contributed by atoms with Crippen molar-refractivity contribution in [1.29, 1.82) is 5.26 Å². The van der Waals surface area contributed by atoms with Gasteiger partial charge in [-0.1, -0.05) is 25.4 Å². The number of hydrogen-bond donors (Lipinski definition) is 0. The third kappa shape index (κ3) is 2.27. The van der Waals surface area contributed by atoms with Gasteiger partial charge in [0.15, 0.2) is 0 Å². The Labute approximate surface area is 89.3 Å². The number of nitrogens with zero attached hydrogens (tertiary/aromatic N) is 3. The number of nitriles is 1. The Hall–Kier alpha value is -1.01. The van der Waals surface area contributed by atoms with Gasteiger partial charge in [0.1, 0.15) is 16.8 Å². The predicted octanol–water partition coefficient (Wildman–Crippen LogP) is 2.76. The molecule has 0 saturated heterocycles. The first-order valence-corrected chi connectivity index (χ1v) is 5.07. The first kappa shape index (κ1) is 11.1. The fourth-order valence-corrected chi connectivity index (χ4v) is 1.51. The van der Waals surface area contributed by atoms with Crippen LogP contribution in [0.25, 0.3) is 0 Å². The molecule has 0 atom stereocenters. The SMILES string of the molecule is Cc1nn(CCC(C)C)c(Cl)c1C#N. The van der Waals surface area contributed by atoms with Gasteiger partial charge in [-0.2, -0.15) is 10.4 Å². The van der Waals surface area contributed by atoms with Crippen LogP contribution in [0.5, 0.6) is 0 Å². The summed E-state index contributed by atoms with van der Waals surface area (Å²) in [5.41, 5.74) is 1.21. The quantitative estimate of drug-likeness (QED) is 0.772. The average molecular weight is 212 g/mol. The minimum absolute atomic E-state index is 0.464. The van der Waals surface area contributed by atoms with Gasteiger partial charge in [0, 0.05) is 6.54 Å². The Morgan fingerprint density at radius 2 is 2.21 bits per heavy atom. The van der Waals surface area contributed by atoms with Crippen LogP contribution in [0.1, 0.15) is 31.5 Å². The molecule has 1 aromatic rings. The summed E-state index contributed by atoms with van der Waals surface area (Å²) in [6, 6.07) is 2.06. The van der Waals surface area contributed by atoms with Gasteiger partial charge in [-0.25, -0.2) is 0 Å². The Morgan fingerprint density at radius 1 is 1.57 bits per heavy atom. The molecular formula is C10H14ClN3. The Bertz CT molecular complexity index is 360. The molecule has 0 amide bonds. The molecule has 1 aromatic heterocycles. The Balaban J connectivity index is 2.85. The molecule has 0 bridgehead atoms. The van der Waals surface area contributed by atoms with Crippen LogP contribution < -0.4 is 0 Å². The van der Waals surface area contributed by atoms with Gasteiger partial charge in [-0.3, -0.25) is 4.68 Å². The van der Waals surface area contributed by atoms with E-state index in [0.29, 0.717) is 22.3 Å². The number of hydrogen-bond acceptors (Lipinski definition) is 2. The number of aromatic nitrogens is 2. The third-order valence-electron chi connectivity index (χ3n) is 2.10. The zero-order valence-electron chi connectivity index (χ0n) is 8.71. The molecule has 0 unspecified atom stereocenters. The molecule has 1 rings (SSSR count). The van der Waals surface area contributed by atoms with Crippen molar-refractivity contribution in [3.8, 4) is 6.07 Å². The monoisotopic (exact) mass is 211 g/mol. The van der Waals surface area contributed by atoms with E-state index in [4.69, 9.17) is 16.9 Å². The molecule has 0 aliphatic heterocycles. The lowest BCUT2D eigenvalue weighted by atomic mass is 10.1. The van der Waals surface area contributed by atoms with Crippen LogP contribution in [-0.2, 0) is 6.54 Å². The summed E-state index contributed by atoms with van der Waals surface area (Å²) in [6.07, 6.45) is 1.02. The van der Waals surface area contributed by atoms with Crippen molar-refractivity contribution < 1.29 is 0 Å². The maximum Gasteiger partial charge on any atom is 0.145 e. The van der Waals surface area contributed by atoms with Crippen molar-refractivity contribution in [1.82, 2.24) is 9.78 Å². The van der Waals surface area contributed by atoms with Gasteiger partial charge in [-0.05, 0) is 19.3 Å². The molecule has 0 radical (unpaired) electrons. The minimum atomic E-state index is 0.464. The lowest BCUT2D eigenvalue weighted by Crippen LogP contribution is -2.03. The van der Waals surface area contributed by atoms with E-state index in [-0.39, 0.29) is 0 Å². The fourth-order valence-electron chi connectivity index (χ4n) is 1.21. The number of aryl methyl sites for hydroxylation is 2. The standard InChI is InChI=1S/C10H14ClN3/c1-7(2)4-5-14-10(11)9(6-12)8(3)13-14/h7H,4-5H2,1-3H3. The normalized spacial score (nSPS) is 10.6. The van der Waals surface area contributed by atoms with Crippen molar-refractivity contribution in [3.05, 3.63) is 16.4 Å². The molecule has 4 heteroatoms. The van der Waals surface area contributed by atoms with Gasteiger partial charge in [0.05, 0.1) is 5.69 Å². The molecule has 1 heterocycles. The summed E-state index contributed by atoms with van der Waals surface area (Å²) in [5.74, 6) is 0.612. The summed E-state index contributed by atoms with van der Waals surface area (Å²) < 4.78 is 1.70. The summed E-state index contributed by atoms with van der Waals surface area (Å²) in [4.78, 5) is 0. The highest BCUT2D eigenvalue weighted by Crippen LogP contribution is 2.19. The van der Waals surface area contributed by atoms with E-state index in [1.54, 1.807) is 11.6 Å². The van der Waals surface area contributed by atoms with Crippen LogP contribution in [0.4, 0.5) is 0 Å². The van der Waals surface area contributed by atoms with Crippen LogP contribution in [0, 0.1) is 24.2 Å². The number of halogens is 1. The molecule has 0 aliphatic carbocycles. The van der Waals surface area contributed by atoms with Gasteiger partial charge < -0.3 is 0 Å². The Morgan fingerprint density at radius 3 is 2.64 bits per heavy atom. The van der Waals surface area contributed by atoms with Gasteiger partial charge >= 0.3 is 0 Å². The van der Waals surface area contributed by atoms with Gasteiger partial charge in [0.2, 0.25) is 0 Å². The van der Waals surface area contributed by atoms with Crippen molar-refractivity contribution in [2.45, 2.75) is 33.7 Å². The fraction of sp³-hybridized carbons (Fsp3) is 0.600. The van der Waals surface area contributed by atoms with Gasteiger partial charge in [-0.15, -0.1) is 0 Å². The smallest absolute Gasteiger partial charge is 0.145 e. The molecule has 0 saturated carbocycles. The second-order valence-corrected chi connectivity index (χ2v) is 4.13. The van der Waals surface area contributed by atoms with Crippen LogP contribution in [0.3, 0.4) is 0 Å². The zero-order chi connectivity index (χ0) is 10.7. The molecule has 3 nitrogen and oxygen atoms in total. The summed E-state index contributed by atoms with van der Waals surface area (Å²) in [6.45, 7) is 6.88. The maximum absolute atomic E-state index is 8.80. The average Bonchev–Trinajstić information content (AvgIpc) is 2.38. The van der Waals surface area contributed by atoms with Crippen molar-refractivity contribution in [3.63, 3.8) is 0 Å². The van der Waals surface area contributed by atoms with Crippen LogP contribution >= 0.6 is 11.6 Å². The second kappa shape index (κ2) is 4.47. The van der Waals surface area contributed by atoms with E-state index in [1.165, 1.54) is 0 Å². The minimum Gasteiger partial charge on any atom is -0.252 e. The summed E-state index contributed by atoms with van der Waals surface area (Å²) in [7, 11) is 0. The van der Waals surface area contributed by atoms with Crippen LogP contribution in [0.2, 0.25) is 5.15 Å². The molecular weight excluding hydrogens is 198 g/mol. The van der Waals surface area contributed by atoms with Crippen LogP contribution in [0.15, 0.2) is 0 Å². The lowest BCUT2D eigenvalue weighted by Gasteiger charge is -2.05. The zero-order valence-corrected chi connectivity index (χ0v) is 9.47. The molecule has 0 aliphatic rings. The highest BCUT2D eigenvalue weighted by atomic mass is 35.5. The topological polar surface area (TPSA) is 41.6 Å². The highest BCUT2D eigenvalue weighted by molar-refractivity contribution is 6.30. The molecule has 0 fully saturated rings. The number of rotatable bonds is 3. The van der Waals surface area contributed by atoms with Crippen molar-refractivity contribution in [2.24, 2.45) is 5.92 Å². The van der Waals surface area contributed by atoms with E-state index in [9.17, 15) is 0 Å². The van der Waals surface area contributed by atoms with E-state index < -0.39 is 0 Å². The molecule has 0 spiro atoms. The highest BCUT2D eigenvalue weighted by Gasteiger charge is 2.12. The van der Waals surface area contributed by atoms with Crippen LogP contribution in [-0.4, -0.2) is 9.78 Å². The largest absolute Gasteiger partial charge is 0.252 e. The van der Waals surface area contributed by atoms with Gasteiger partial charge in [0.25, 0.3) is 0 Å². The second-order valence-electron chi connectivity index (χ2n) is 3.77. The molecule has 14 heavy (non-hydrogen) atoms. The maximum atomic E-state index is 8.80. The third-order valence-corrected chi connectivity index (χ3v) is 2.48. The van der Waals surface area contributed by atoms with E-state index >= 15 is 0 Å². The Kier molecular flexibility index (Phi) is 3.54. The summed E-state index contributed by atoms with van der Waals surface area (Å²) in [5, 5.41) is 13.5. The van der Waals surface area contributed by atoms with E-state index in [1.807, 2.05) is 0 Å². The van der Waals surface area contributed by atoms with Crippen molar-refractivity contribution in [2.75, 3.05) is 0 Å². The van der Waals surface area contributed by atoms with E-state index in [0.717, 1.165) is 13.0 Å².